The third-order valence-corrected chi connectivity index (χ3v) is 3.20. The number of hydrogen-bond acceptors (Lipinski definition) is 3. The van der Waals surface area contributed by atoms with Crippen LogP contribution in [0, 0.1) is 0 Å². The van der Waals surface area contributed by atoms with Crippen molar-refractivity contribution < 1.29 is 5.11 Å². The molecule has 20 heavy (non-hydrogen) atoms. The van der Waals surface area contributed by atoms with Gasteiger partial charge in [-0.15, -0.1) is 0 Å². The van der Waals surface area contributed by atoms with E-state index in [0.29, 0.717) is 5.02 Å². The van der Waals surface area contributed by atoms with Gasteiger partial charge in [-0.1, -0.05) is 17.7 Å². The second kappa shape index (κ2) is 5.45. The molecule has 5 heteroatoms. The van der Waals surface area contributed by atoms with E-state index >= 15 is 0 Å². The zero-order valence-corrected chi connectivity index (χ0v) is 11.3. The number of aromatic nitrogens is 3. The van der Waals surface area contributed by atoms with Gasteiger partial charge in [0, 0.05) is 34.7 Å². The van der Waals surface area contributed by atoms with E-state index < -0.39 is 0 Å². The molecule has 0 aliphatic heterocycles. The molecule has 0 amide bonds. The zero-order chi connectivity index (χ0) is 13.9. The average molecular weight is 286 g/mol. The highest BCUT2D eigenvalue weighted by atomic mass is 35.5. The third kappa shape index (κ3) is 2.43. The maximum absolute atomic E-state index is 9.49. The van der Waals surface area contributed by atoms with Crippen LogP contribution >= 0.6 is 11.6 Å². The Bertz CT molecular complexity index is 725. The van der Waals surface area contributed by atoms with Gasteiger partial charge >= 0.3 is 0 Å². The van der Waals surface area contributed by atoms with Crippen molar-refractivity contribution in [3.63, 3.8) is 0 Å². The molecule has 0 unspecified atom stereocenters. The standard InChI is InChI=1S/C15H12ClN3O/c16-13-4-1-5-14(7-13)19-9-12(10-20)15(18-19)11-3-2-6-17-8-11/h1-9,20H,10H2. The Kier molecular flexibility index (Phi) is 3.50. The van der Waals surface area contributed by atoms with Crippen molar-refractivity contribution in [3.05, 3.63) is 65.6 Å². The molecule has 0 aliphatic rings. The molecule has 3 rings (SSSR count). The van der Waals surface area contributed by atoms with Crippen LogP contribution in [0.1, 0.15) is 5.56 Å². The van der Waals surface area contributed by atoms with E-state index in [1.165, 1.54) is 0 Å². The smallest absolute Gasteiger partial charge is 0.0998 e. The van der Waals surface area contributed by atoms with Crippen LogP contribution in [-0.4, -0.2) is 19.9 Å². The topological polar surface area (TPSA) is 50.9 Å². The summed E-state index contributed by atoms with van der Waals surface area (Å²) >= 11 is 5.99. The van der Waals surface area contributed by atoms with Crippen LogP contribution in [0.25, 0.3) is 16.9 Å². The SMILES string of the molecule is OCc1cn(-c2cccc(Cl)c2)nc1-c1cccnc1. The molecule has 0 fully saturated rings. The van der Waals surface area contributed by atoms with Gasteiger partial charge in [0.05, 0.1) is 18.0 Å². The number of pyridine rings is 1. The molecule has 3 aromatic rings. The van der Waals surface area contributed by atoms with Gasteiger partial charge < -0.3 is 5.11 Å². The van der Waals surface area contributed by atoms with Crippen molar-refractivity contribution >= 4 is 11.6 Å². The Morgan fingerprint density at radius 2 is 2.10 bits per heavy atom. The van der Waals surface area contributed by atoms with Gasteiger partial charge in [-0.05, 0) is 30.3 Å². The van der Waals surface area contributed by atoms with Crippen LogP contribution < -0.4 is 0 Å². The Morgan fingerprint density at radius 1 is 1.20 bits per heavy atom. The molecule has 0 atom stereocenters. The molecule has 0 saturated carbocycles. The molecule has 1 aromatic carbocycles. The van der Waals surface area contributed by atoms with Crippen LogP contribution in [0.2, 0.25) is 5.02 Å². The lowest BCUT2D eigenvalue weighted by atomic mass is 10.1. The van der Waals surface area contributed by atoms with E-state index in [9.17, 15) is 5.11 Å². The molecule has 100 valence electrons. The lowest BCUT2D eigenvalue weighted by Gasteiger charge is -2.01. The number of nitrogens with zero attached hydrogens (tertiary/aromatic N) is 3. The van der Waals surface area contributed by atoms with Gasteiger partial charge in [0.15, 0.2) is 0 Å². The summed E-state index contributed by atoms with van der Waals surface area (Å²) in [5.74, 6) is 0. The van der Waals surface area contributed by atoms with Gasteiger partial charge in [-0.3, -0.25) is 4.98 Å². The summed E-state index contributed by atoms with van der Waals surface area (Å²) in [4.78, 5) is 4.08. The molecule has 0 bridgehead atoms. The predicted octanol–water partition coefficient (Wildman–Crippen LogP) is 3.08. The first-order valence-corrected chi connectivity index (χ1v) is 6.51. The first kappa shape index (κ1) is 12.8. The number of aliphatic hydroxyl groups excluding tert-OH is 1. The van der Waals surface area contributed by atoms with Gasteiger partial charge in [-0.2, -0.15) is 5.10 Å². The molecule has 4 nitrogen and oxygen atoms in total. The van der Waals surface area contributed by atoms with Gasteiger partial charge in [-0.25, -0.2) is 4.68 Å². The Balaban J connectivity index is 2.10. The van der Waals surface area contributed by atoms with Gasteiger partial charge in [0.2, 0.25) is 0 Å². The largest absolute Gasteiger partial charge is 0.392 e. The first-order chi connectivity index (χ1) is 9.78. The highest BCUT2D eigenvalue weighted by Gasteiger charge is 2.11. The van der Waals surface area contributed by atoms with Crippen LogP contribution in [0.4, 0.5) is 0 Å². The van der Waals surface area contributed by atoms with E-state index in [1.807, 2.05) is 36.4 Å². The number of rotatable bonds is 3. The summed E-state index contributed by atoms with van der Waals surface area (Å²) in [6.45, 7) is -0.0786. The Labute approximate surface area is 121 Å². The maximum Gasteiger partial charge on any atom is 0.0998 e. The fourth-order valence-electron chi connectivity index (χ4n) is 2.02. The maximum atomic E-state index is 9.49. The van der Waals surface area contributed by atoms with Gasteiger partial charge in [0.25, 0.3) is 0 Å². The van der Waals surface area contributed by atoms with Crippen molar-refractivity contribution in [2.45, 2.75) is 6.61 Å². The fraction of sp³-hybridized carbons (Fsp3) is 0.0667. The molecular formula is C15H12ClN3O. The van der Waals surface area contributed by atoms with Gasteiger partial charge in [0.1, 0.15) is 0 Å². The van der Waals surface area contributed by atoms with Crippen molar-refractivity contribution in [2.24, 2.45) is 0 Å². The average Bonchev–Trinajstić information content (AvgIpc) is 2.92. The number of benzene rings is 1. The van der Waals surface area contributed by atoms with E-state index in [0.717, 1.165) is 22.5 Å². The summed E-state index contributed by atoms with van der Waals surface area (Å²) in [7, 11) is 0. The minimum atomic E-state index is -0.0786. The lowest BCUT2D eigenvalue weighted by molar-refractivity contribution is 0.282. The van der Waals surface area contributed by atoms with Crippen LogP contribution in [0.5, 0.6) is 0 Å². The van der Waals surface area contributed by atoms with E-state index in [1.54, 1.807) is 23.3 Å². The third-order valence-electron chi connectivity index (χ3n) is 2.97. The first-order valence-electron chi connectivity index (χ1n) is 6.13. The van der Waals surface area contributed by atoms with Crippen LogP contribution in [0.3, 0.4) is 0 Å². The van der Waals surface area contributed by atoms with Crippen molar-refractivity contribution in [1.82, 2.24) is 14.8 Å². The van der Waals surface area contributed by atoms with E-state index in [2.05, 4.69) is 10.1 Å². The minimum Gasteiger partial charge on any atom is -0.392 e. The number of aliphatic hydroxyl groups is 1. The second-order valence-corrected chi connectivity index (χ2v) is 4.76. The summed E-state index contributed by atoms with van der Waals surface area (Å²) in [5, 5.41) is 14.7. The number of halogens is 1. The summed E-state index contributed by atoms with van der Waals surface area (Å²) in [6.07, 6.45) is 5.23. The van der Waals surface area contributed by atoms with Crippen molar-refractivity contribution in [2.75, 3.05) is 0 Å². The predicted molar refractivity (Wildman–Crippen MR) is 77.7 cm³/mol. The Hall–Kier alpha value is -2.17. The molecular weight excluding hydrogens is 274 g/mol. The van der Waals surface area contributed by atoms with Crippen molar-refractivity contribution in [1.29, 1.82) is 0 Å². The molecule has 0 saturated heterocycles. The zero-order valence-electron chi connectivity index (χ0n) is 10.6. The van der Waals surface area contributed by atoms with Crippen molar-refractivity contribution in [3.8, 4) is 16.9 Å². The normalized spacial score (nSPS) is 10.7. The molecule has 0 spiro atoms. The fourth-order valence-corrected chi connectivity index (χ4v) is 2.21. The summed E-state index contributed by atoms with van der Waals surface area (Å²) < 4.78 is 1.71. The van der Waals surface area contributed by atoms with E-state index in [4.69, 9.17) is 11.6 Å². The highest BCUT2D eigenvalue weighted by molar-refractivity contribution is 6.30. The van der Waals surface area contributed by atoms with Crippen LogP contribution in [-0.2, 0) is 6.61 Å². The minimum absolute atomic E-state index is 0.0786. The quantitative estimate of drug-likeness (QED) is 0.804. The van der Waals surface area contributed by atoms with Crippen LogP contribution in [0.15, 0.2) is 55.0 Å². The monoisotopic (exact) mass is 285 g/mol. The summed E-state index contributed by atoms with van der Waals surface area (Å²) in [5.41, 5.74) is 3.19. The molecule has 0 aliphatic carbocycles. The number of hydrogen-bond donors (Lipinski definition) is 1. The molecule has 1 N–H and O–H groups in total. The molecule has 0 radical (unpaired) electrons. The van der Waals surface area contributed by atoms with E-state index in [-0.39, 0.29) is 6.61 Å². The summed E-state index contributed by atoms with van der Waals surface area (Å²) in [6, 6.07) is 11.2. The second-order valence-electron chi connectivity index (χ2n) is 4.33. The lowest BCUT2D eigenvalue weighted by Crippen LogP contribution is -1.94. The Morgan fingerprint density at radius 3 is 2.80 bits per heavy atom. The molecule has 2 heterocycles. The molecule has 2 aromatic heterocycles. The highest BCUT2D eigenvalue weighted by Crippen LogP contribution is 2.23.